The summed E-state index contributed by atoms with van der Waals surface area (Å²) in [6.45, 7) is 0. The Bertz CT molecular complexity index is 3640. The lowest BCUT2D eigenvalue weighted by atomic mass is 9.60. The molecule has 0 spiro atoms. The van der Waals surface area contributed by atoms with Crippen LogP contribution in [0.4, 0.5) is 0 Å². The number of nitrogens with zero attached hydrogens (tertiary/aromatic N) is 5. The molecule has 68 heavy (non-hydrogen) atoms. The Morgan fingerprint density at radius 1 is 0.309 bits per heavy atom. The van der Waals surface area contributed by atoms with Gasteiger partial charge < -0.3 is 0 Å². The second-order valence-corrected chi connectivity index (χ2v) is 20.9. The first-order valence-corrected chi connectivity index (χ1v) is 24.9. The van der Waals surface area contributed by atoms with Gasteiger partial charge in [0.05, 0.1) is 22.1 Å². The van der Waals surface area contributed by atoms with Crippen LogP contribution in [0.1, 0.15) is 0 Å². The number of fused-ring (bicyclic) bond motifs is 6. The first kappa shape index (κ1) is 41.7. The maximum absolute atomic E-state index is 5.49. The minimum atomic E-state index is -2.13. The third kappa shape index (κ3) is 6.44. The molecule has 0 aliphatic rings. The van der Waals surface area contributed by atoms with Crippen molar-refractivity contribution in [2.24, 2.45) is 0 Å². The molecule has 0 fully saturated rings. The Hall–Kier alpha value is -7.74. The van der Waals surface area contributed by atoms with Gasteiger partial charge in [-0.3, -0.25) is 9.13 Å². The Kier molecular flexibility index (Phi) is 10.1. The molecule has 11 heteroatoms. The van der Waals surface area contributed by atoms with Crippen LogP contribution in [0.25, 0.3) is 78.0 Å². The van der Waals surface area contributed by atoms with E-state index in [0.717, 1.165) is 49.2 Å². The van der Waals surface area contributed by atoms with Crippen LogP contribution < -0.4 is 27.3 Å². The fraction of sp³-hybridized carbons (Fsp3) is 0. The Labute approximate surface area is 402 Å². The second-order valence-electron chi connectivity index (χ2n) is 17.8. The number of hydrogen-bond donors (Lipinski definition) is 0. The summed E-state index contributed by atoms with van der Waals surface area (Å²) in [5.74, 6) is 1.71. The van der Waals surface area contributed by atoms with Gasteiger partial charge in [-0.05, 0) is 83.9 Å². The van der Waals surface area contributed by atoms with Gasteiger partial charge in [-0.2, -0.15) is 15.0 Å². The minimum absolute atomic E-state index is 0.557. The molecule has 9 aromatic carbocycles. The lowest BCUT2D eigenvalue weighted by molar-refractivity contribution is 0.892. The van der Waals surface area contributed by atoms with Crippen molar-refractivity contribution in [2.75, 3.05) is 0 Å². The van der Waals surface area contributed by atoms with Crippen molar-refractivity contribution in [3.63, 3.8) is 0 Å². The molecule has 12 aromatic rings. The highest BCUT2D eigenvalue weighted by atomic mass is 32.3. The zero-order valence-electron chi connectivity index (χ0n) is 38.8. The van der Waals surface area contributed by atoms with Gasteiger partial charge in [0.15, 0.2) is 5.82 Å². The summed E-state index contributed by atoms with van der Waals surface area (Å²) in [6, 6.07) is 74.7. The van der Waals surface area contributed by atoms with Crippen LogP contribution >= 0.6 is 10.0 Å². The van der Waals surface area contributed by atoms with Gasteiger partial charge in [-0.15, -0.1) is 26.4 Å². The van der Waals surface area contributed by atoms with Crippen molar-refractivity contribution in [3.8, 4) is 34.4 Å². The third-order valence-electron chi connectivity index (χ3n) is 14.3. The van der Waals surface area contributed by atoms with Crippen molar-refractivity contribution in [1.82, 2.24) is 24.1 Å². The number of hydrogen-bond acceptors (Lipinski definition) is 3. The molecule has 0 saturated carbocycles. The summed E-state index contributed by atoms with van der Waals surface area (Å²) < 4.78 is 4.40. The van der Waals surface area contributed by atoms with Gasteiger partial charge in [-0.25, -0.2) is 0 Å². The highest BCUT2D eigenvalue weighted by Gasteiger charge is 2.34. The molecule has 3 aromatic heterocycles. The molecule has 0 unspecified atom stereocenters. The van der Waals surface area contributed by atoms with E-state index < -0.39 is 10.0 Å². The molecule has 0 aliphatic carbocycles. The quantitative estimate of drug-likeness (QED) is 0.175. The van der Waals surface area contributed by atoms with Crippen molar-refractivity contribution in [1.29, 1.82) is 0 Å². The van der Waals surface area contributed by atoms with Crippen LogP contribution in [0.15, 0.2) is 226 Å². The fourth-order valence-electron chi connectivity index (χ4n) is 10.6. The van der Waals surface area contributed by atoms with Crippen LogP contribution in [0.5, 0.6) is 0 Å². The molecule has 0 atom stereocenters. The van der Waals surface area contributed by atoms with E-state index in [4.69, 9.17) is 15.0 Å². The van der Waals surface area contributed by atoms with E-state index in [1.54, 1.807) is 0 Å². The molecule has 0 bridgehead atoms. The van der Waals surface area contributed by atoms with Gasteiger partial charge in [0.2, 0.25) is 11.9 Å². The number of aromatic nitrogens is 5. The van der Waals surface area contributed by atoms with E-state index in [1.165, 1.54) is 58.0 Å². The average molecular weight is 885 g/mol. The molecule has 0 aliphatic heterocycles. The van der Waals surface area contributed by atoms with E-state index >= 15 is 0 Å². The first-order chi connectivity index (χ1) is 33.3. The molecule has 0 radical (unpaired) electrons. The van der Waals surface area contributed by atoms with E-state index in [2.05, 4.69) is 255 Å². The predicted octanol–water partition coefficient (Wildman–Crippen LogP) is 6.03. The summed E-state index contributed by atoms with van der Waals surface area (Å²) in [6.07, 6.45) is 0. The Balaban J connectivity index is 1.15. The molecule has 5 nitrogen and oxygen atoms in total. The molecule has 12 rings (SSSR count). The largest absolute Gasteiger partial charge is 0.278 e. The summed E-state index contributed by atoms with van der Waals surface area (Å²) >= 11 is 0. The summed E-state index contributed by atoms with van der Waals surface area (Å²) in [4.78, 5) is 21.4. The minimum Gasteiger partial charge on any atom is -0.278 e. The smallest absolute Gasteiger partial charge is 0.240 e. The molecule has 318 valence electrons. The maximum atomic E-state index is 5.49. The van der Waals surface area contributed by atoms with E-state index in [0.29, 0.717) is 17.7 Å². The standard InChI is InChI=1S/C57H44B5N5S/c58-50-49(51(59)53(61)54(62)52(50)60)35-17-15-23-39(33-35)68(37-19-3-1-4-20-37,38-21-5-2-6-22-38)40-24-16-18-36(34-40)55-63-56(66-45-29-11-7-25-41(45)42-26-8-12-30-46(42)66)65-57(64-55)67-47-31-13-9-27-43(47)44-28-10-14-32-48(44)67/h1-34H,58-62H2. The monoisotopic (exact) mass is 885 g/mol. The van der Waals surface area contributed by atoms with Crippen molar-refractivity contribution in [2.45, 2.75) is 19.6 Å². The lowest BCUT2D eigenvalue weighted by Gasteiger charge is -2.42. The fourth-order valence-corrected chi connectivity index (χ4v) is 14.6. The van der Waals surface area contributed by atoms with Gasteiger partial charge in [0.25, 0.3) is 0 Å². The Morgan fingerprint density at radius 3 is 1.07 bits per heavy atom. The summed E-state index contributed by atoms with van der Waals surface area (Å²) in [5.41, 5.74) is 14.3. The van der Waals surface area contributed by atoms with Gasteiger partial charge in [0.1, 0.15) is 39.2 Å². The number of rotatable bonds is 8. The zero-order valence-corrected chi connectivity index (χ0v) is 39.6. The normalized spacial score (nSPS) is 12.1. The van der Waals surface area contributed by atoms with Crippen LogP contribution in [0.2, 0.25) is 0 Å². The molecule has 3 heterocycles. The van der Waals surface area contributed by atoms with Crippen LogP contribution in [-0.4, -0.2) is 63.3 Å². The maximum Gasteiger partial charge on any atom is 0.240 e. The highest BCUT2D eigenvalue weighted by Crippen LogP contribution is 2.73. The SMILES string of the molecule is Bc1c(B)c(B)c(-c2cccc(S(c3ccccc3)(c3ccccc3)c3cccc(-c4nc(-n5c6ccccc6c6ccccc65)nc(-n5c6ccccc6c6ccccc65)n4)c3)c2)c(B)c1B. The second kappa shape index (κ2) is 16.5. The first-order valence-electron chi connectivity index (χ1n) is 23.3. The van der Waals surface area contributed by atoms with Crippen molar-refractivity contribution < 1.29 is 0 Å². The van der Waals surface area contributed by atoms with Gasteiger partial charge >= 0.3 is 0 Å². The summed E-state index contributed by atoms with van der Waals surface area (Å²) in [5, 5.41) is 4.59. The molecular weight excluding hydrogens is 841 g/mol. The summed E-state index contributed by atoms with van der Waals surface area (Å²) in [7, 11) is 9.21. The van der Waals surface area contributed by atoms with Crippen molar-refractivity contribution >= 4 is 120 Å². The van der Waals surface area contributed by atoms with Crippen LogP contribution in [0.3, 0.4) is 0 Å². The van der Waals surface area contributed by atoms with Gasteiger partial charge in [0, 0.05) is 46.7 Å². The molecule has 0 saturated heterocycles. The topological polar surface area (TPSA) is 48.5 Å². The van der Waals surface area contributed by atoms with E-state index in [9.17, 15) is 0 Å². The molecule has 0 amide bonds. The average Bonchev–Trinajstić information content (AvgIpc) is 3.92. The Morgan fingerprint density at radius 2 is 0.647 bits per heavy atom. The number of para-hydroxylation sites is 4. The number of benzene rings is 9. The van der Waals surface area contributed by atoms with E-state index in [-0.39, 0.29) is 0 Å². The predicted molar refractivity (Wildman–Crippen MR) is 300 cm³/mol. The molecule has 0 N–H and O–H groups in total. The zero-order chi connectivity index (χ0) is 46.1. The highest BCUT2D eigenvalue weighted by molar-refractivity contribution is 8.34. The lowest BCUT2D eigenvalue weighted by Crippen LogP contribution is -2.55. The van der Waals surface area contributed by atoms with Crippen LogP contribution in [0, 0.1) is 0 Å². The molecular formula is C57H44B5N5S. The van der Waals surface area contributed by atoms with E-state index in [1.807, 2.05) is 0 Å². The third-order valence-corrected chi connectivity index (χ3v) is 18.2. The van der Waals surface area contributed by atoms with Crippen LogP contribution in [-0.2, 0) is 0 Å². The van der Waals surface area contributed by atoms with Crippen molar-refractivity contribution in [3.05, 3.63) is 206 Å². The van der Waals surface area contributed by atoms with Gasteiger partial charge in [-0.1, -0.05) is 144 Å².